The molecule has 0 fully saturated rings. The number of fused-ring (bicyclic) bond motifs is 1. The zero-order valence-electron chi connectivity index (χ0n) is 18.6. The highest BCUT2D eigenvalue weighted by Crippen LogP contribution is 2.36. The van der Waals surface area contributed by atoms with Gasteiger partial charge in [0.25, 0.3) is 0 Å². The van der Waals surface area contributed by atoms with Crippen molar-refractivity contribution in [3.63, 3.8) is 0 Å². The van der Waals surface area contributed by atoms with E-state index < -0.39 is 0 Å². The number of rotatable bonds is 11. The van der Waals surface area contributed by atoms with Crippen molar-refractivity contribution in [3.8, 4) is 11.5 Å². The van der Waals surface area contributed by atoms with E-state index in [1.165, 1.54) is 16.7 Å². The van der Waals surface area contributed by atoms with Crippen molar-refractivity contribution in [2.45, 2.75) is 38.5 Å². The van der Waals surface area contributed by atoms with E-state index >= 15 is 0 Å². The molecule has 0 aromatic heterocycles. The highest BCUT2D eigenvalue weighted by atomic mass is 32.2. The van der Waals surface area contributed by atoms with Gasteiger partial charge in [0.2, 0.25) is 0 Å². The molecule has 1 aliphatic rings. The van der Waals surface area contributed by atoms with E-state index in [1.807, 2.05) is 27.0 Å². The lowest BCUT2D eigenvalue weighted by molar-refractivity contribution is 0.284. The summed E-state index contributed by atoms with van der Waals surface area (Å²) in [5, 5.41) is 18.2. The van der Waals surface area contributed by atoms with Crippen LogP contribution < -0.4 is 20.2 Å². The number of nitrogens with one attached hydrogen (secondary N) is 2. The average molecular weight is 444 g/mol. The SMILES string of the molecule is CCOc1ccc(CS/C(=N\NC)c2cccc3c2CCC3NCCO)cc1OCC. The molecule has 0 amide bonds. The second-order valence-electron chi connectivity index (χ2n) is 7.22. The topological polar surface area (TPSA) is 75.1 Å². The summed E-state index contributed by atoms with van der Waals surface area (Å²) in [6.07, 6.45) is 2.05. The Labute approximate surface area is 189 Å². The number of aliphatic hydroxyl groups excluding tert-OH is 1. The Kier molecular flexibility index (Phi) is 9.06. The summed E-state index contributed by atoms with van der Waals surface area (Å²) in [4.78, 5) is 0. The van der Waals surface area contributed by atoms with Crippen LogP contribution in [0.15, 0.2) is 41.5 Å². The molecular weight excluding hydrogens is 410 g/mol. The smallest absolute Gasteiger partial charge is 0.161 e. The van der Waals surface area contributed by atoms with Gasteiger partial charge in [-0.25, -0.2) is 0 Å². The summed E-state index contributed by atoms with van der Waals surface area (Å²) in [7, 11) is 1.83. The van der Waals surface area contributed by atoms with Crippen molar-refractivity contribution in [1.82, 2.24) is 10.7 Å². The van der Waals surface area contributed by atoms with Crippen molar-refractivity contribution in [1.29, 1.82) is 0 Å². The molecular formula is C24H33N3O3S. The molecule has 3 rings (SSSR count). The van der Waals surface area contributed by atoms with E-state index in [0.717, 1.165) is 40.7 Å². The monoisotopic (exact) mass is 443 g/mol. The van der Waals surface area contributed by atoms with Crippen molar-refractivity contribution in [2.24, 2.45) is 5.10 Å². The van der Waals surface area contributed by atoms with Crippen LogP contribution in [0.25, 0.3) is 0 Å². The predicted octanol–water partition coefficient (Wildman–Crippen LogP) is 3.87. The third kappa shape index (κ3) is 5.93. The normalized spacial score (nSPS) is 15.6. The minimum absolute atomic E-state index is 0.152. The number of thioether (sulfide) groups is 1. The van der Waals surface area contributed by atoms with Crippen molar-refractivity contribution in [3.05, 3.63) is 58.7 Å². The van der Waals surface area contributed by atoms with Gasteiger partial charge in [-0.2, -0.15) is 5.10 Å². The zero-order valence-corrected chi connectivity index (χ0v) is 19.4. The van der Waals surface area contributed by atoms with E-state index in [2.05, 4.69) is 46.2 Å². The Morgan fingerprint density at radius 3 is 2.71 bits per heavy atom. The zero-order chi connectivity index (χ0) is 22.1. The quantitative estimate of drug-likeness (QED) is 0.278. The summed E-state index contributed by atoms with van der Waals surface area (Å²) < 4.78 is 11.5. The summed E-state index contributed by atoms with van der Waals surface area (Å²) in [5.41, 5.74) is 7.98. The van der Waals surface area contributed by atoms with Gasteiger partial charge in [-0.3, -0.25) is 0 Å². The molecule has 0 saturated carbocycles. The first-order valence-corrected chi connectivity index (χ1v) is 11.9. The fourth-order valence-electron chi connectivity index (χ4n) is 3.91. The number of benzene rings is 2. The Balaban J connectivity index is 1.78. The van der Waals surface area contributed by atoms with Gasteiger partial charge in [-0.15, -0.1) is 0 Å². The Hall–Kier alpha value is -2.22. The van der Waals surface area contributed by atoms with E-state index in [0.29, 0.717) is 25.8 Å². The summed E-state index contributed by atoms with van der Waals surface area (Å²) in [6.45, 7) is 5.93. The average Bonchev–Trinajstić information content (AvgIpc) is 3.20. The fraction of sp³-hybridized carbons (Fsp3) is 0.458. The number of aliphatic hydroxyl groups is 1. The highest BCUT2D eigenvalue weighted by molar-refractivity contribution is 8.13. The lowest BCUT2D eigenvalue weighted by Gasteiger charge is -2.15. The van der Waals surface area contributed by atoms with E-state index in [9.17, 15) is 0 Å². The molecule has 31 heavy (non-hydrogen) atoms. The predicted molar refractivity (Wildman–Crippen MR) is 128 cm³/mol. The molecule has 1 atom stereocenters. The minimum Gasteiger partial charge on any atom is -0.490 e. The van der Waals surface area contributed by atoms with Gasteiger partial charge >= 0.3 is 0 Å². The largest absolute Gasteiger partial charge is 0.490 e. The Bertz CT molecular complexity index is 888. The van der Waals surface area contributed by atoms with Gasteiger partial charge in [0.15, 0.2) is 11.5 Å². The van der Waals surface area contributed by atoms with Crippen LogP contribution in [0.3, 0.4) is 0 Å². The molecule has 0 spiro atoms. The van der Waals surface area contributed by atoms with Crippen molar-refractivity contribution < 1.29 is 14.6 Å². The number of hydrogen-bond acceptors (Lipinski definition) is 7. The van der Waals surface area contributed by atoms with Crippen LogP contribution in [0.4, 0.5) is 0 Å². The molecule has 0 bridgehead atoms. The van der Waals surface area contributed by atoms with Crippen LogP contribution in [0, 0.1) is 0 Å². The van der Waals surface area contributed by atoms with Gasteiger partial charge in [-0.05, 0) is 55.5 Å². The number of ether oxygens (including phenoxy) is 2. The van der Waals surface area contributed by atoms with E-state index in [4.69, 9.17) is 14.6 Å². The van der Waals surface area contributed by atoms with Gasteiger partial charge in [0.1, 0.15) is 5.04 Å². The van der Waals surface area contributed by atoms with Crippen LogP contribution in [-0.4, -0.2) is 43.6 Å². The summed E-state index contributed by atoms with van der Waals surface area (Å²) >= 11 is 1.71. The Morgan fingerprint density at radius 1 is 1.16 bits per heavy atom. The van der Waals surface area contributed by atoms with Crippen molar-refractivity contribution >= 4 is 16.8 Å². The maximum absolute atomic E-state index is 9.16. The van der Waals surface area contributed by atoms with E-state index in [1.54, 1.807) is 11.8 Å². The number of hydrazone groups is 1. The third-order valence-corrected chi connectivity index (χ3v) is 6.26. The summed E-state index contributed by atoms with van der Waals surface area (Å²) in [5.74, 6) is 2.35. The maximum atomic E-state index is 9.16. The molecule has 6 nitrogen and oxygen atoms in total. The molecule has 0 saturated heterocycles. The standard InChI is InChI=1S/C24H33N3O3S/c1-4-29-22-12-9-17(15-23(22)30-5-2)16-31-24(27-25-3)20-8-6-7-19-18(20)10-11-21(19)26-13-14-28/h6-9,12,15,21,25-26,28H,4-5,10-11,13-14,16H2,1-3H3/b27-24-. The Morgan fingerprint density at radius 2 is 1.97 bits per heavy atom. The number of nitrogens with zero attached hydrogens (tertiary/aromatic N) is 1. The molecule has 168 valence electrons. The van der Waals surface area contributed by atoms with E-state index in [-0.39, 0.29) is 6.61 Å². The first-order chi connectivity index (χ1) is 15.2. The van der Waals surface area contributed by atoms with Crippen molar-refractivity contribution in [2.75, 3.05) is 33.4 Å². The van der Waals surface area contributed by atoms with Gasteiger partial charge in [0.05, 0.1) is 19.8 Å². The van der Waals surface area contributed by atoms with Crippen LogP contribution >= 0.6 is 11.8 Å². The van der Waals surface area contributed by atoms with Crippen LogP contribution in [0.5, 0.6) is 11.5 Å². The maximum Gasteiger partial charge on any atom is 0.161 e. The summed E-state index contributed by atoms with van der Waals surface area (Å²) in [6, 6.07) is 12.9. The first-order valence-electron chi connectivity index (χ1n) is 10.9. The van der Waals surface area contributed by atoms with Gasteiger partial charge in [0, 0.05) is 31.0 Å². The fourth-order valence-corrected chi connectivity index (χ4v) is 4.90. The lowest BCUT2D eigenvalue weighted by atomic mass is 10.0. The molecule has 0 aliphatic heterocycles. The molecule has 1 aliphatic carbocycles. The lowest BCUT2D eigenvalue weighted by Crippen LogP contribution is -2.22. The van der Waals surface area contributed by atoms with Gasteiger partial charge in [-0.1, -0.05) is 36.0 Å². The highest BCUT2D eigenvalue weighted by Gasteiger charge is 2.25. The van der Waals surface area contributed by atoms with Gasteiger partial charge < -0.3 is 25.3 Å². The molecule has 1 unspecified atom stereocenters. The molecule has 2 aromatic rings. The number of hydrogen-bond donors (Lipinski definition) is 3. The molecule has 7 heteroatoms. The molecule has 2 aromatic carbocycles. The molecule has 0 radical (unpaired) electrons. The second kappa shape index (κ2) is 12.0. The molecule has 0 heterocycles. The third-order valence-electron chi connectivity index (χ3n) is 5.20. The van der Waals surface area contributed by atoms with Crippen LogP contribution in [0.2, 0.25) is 0 Å². The van der Waals surface area contributed by atoms with Crippen LogP contribution in [0.1, 0.15) is 48.6 Å². The minimum atomic E-state index is 0.152. The van der Waals surface area contributed by atoms with Crippen LogP contribution in [-0.2, 0) is 12.2 Å². The molecule has 3 N–H and O–H groups in total. The second-order valence-corrected chi connectivity index (χ2v) is 8.18. The first kappa shape index (κ1) is 23.4.